The predicted octanol–water partition coefficient (Wildman–Crippen LogP) is 2.48. The summed E-state index contributed by atoms with van der Waals surface area (Å²) in [6.45, 7) is 3.67. The Morgan fingerprint density at radius 1 is 1.23 bits per heavy atom. The van der Waals surface area contributed by atoms with E-state index < -0.39 is 0 Å². The molecular formula is C16H17FN4O. The highest BCUT2D eigenvalue weighted by Gasteiger charge is 2.43. The van der Waals surface area contributed by atoms with Crippen molar-refractivity contribution in [2.24, 2.45) is 5.92 Å². The lowest BCUT2D eigenvalue weighted by molar-refractivity contribution is -0.121. The summed E-state index contributed by atoms with van der Waals surface area (Å²) in [6.07, 6.45) is 0.779. The lowest BCUT2D eigenvalue weighted by Crippen LogP contribution is -2.31. The Morgan fingerprint density at radius 2 is 1.95 bits per heavy atom. The largest absolute Gasteiger partial charge is 0.282 e. The maximum Gasteiger partial charge on any atom is 0.242 e. The van der Waals surface area contributed by atoms with E-state index in [0.717, 1.165) is 17.7 Å². The highest BCUT2D eigenvalue weighted by atomic mass is 19.1. The number of carbonyl (C=O) groups excluding carboxylic acids is 1. The smallest absolute Gasteiger partial charge is 0.242 e. The number of hydrogen-bond donors (Lipinski definition) is 2. The van der Waals surface area contributed by atoms with E-state index in [2.05, 4.69) is 20.8 Å². The van der Waals surface area contributed by atoms with Gasteiger partial charge in [0.1, 0.15) is 17.5 Å². The molecule has 1 aromatic carbocycles. The second kappa shape index (κ2) is 5.71. The lowest BCUT2D eigenvalue weighted by Gasteiger charge is -2.08. The molecule has 2 aromatic rings. The first-order chi connectivity index (χ1) is 10.5. The molecule has 1 fully saturated rings. The molecular weight excluding hydrogens is 283 g/mol. The molecule has 3 rings (SSSR count). The molecule has 114 valence electrons. The van der Waals surface area contributed by atoms with Gasteiger partial charge >= 0.3 is 0 Å². The summed E-state index contributed by atoms with van der Waals surface area (Å²) in [7, 11) is 0. The molecule has 2 N–H and O–H groups in total. The summed E-state index contributed by atoms with van der Waals surface area (Å²) in [5.41, 5.74) is 7.32. The quantitative estimate of drug-likeness (QED) is 0.851. The van der Waals surface area contributed by atoms with Crippen LogP contribution in [0.25, 0.3) is 0 Å². The Hall–Kier alpha value is -2.50. The zero-order chi connectivity index (χ0) is 15.7. The van der Waals surface area contributed by atoms with Crippen LogP contribution in [0.3, 0.4) is 0 Å². The van der Waals surface area contributed by atoms with Crippen molar-refractivity contribution < 1.29 is 9.18 Å². The maximum absolute atomic E-state index is 12.9. The molecule has 22 heavy (non-hydrogen) atoms. The van der Waals surface area contributed by atoms with Crippen LogP contribution in [0.2, 0.25) is 0 Å². The average molecular weight is 300 g/mol. The van der Waals surface area contributed by atoms with Crippen molar-refractivity contribution in [3.63, 3.8) is 0 Å². The van der Waals surface area contributed by atoms with Crippen LogP contribution < -0.4 is 10.9 Å². The minimum absolute atomic E-state index is 0.0803. The number of amides is 1. The number of aryl methyl sites for hydroxylation is 2. The first kappa shape index (κ1) is 14.4. The van der Waals surface area contributed by atoms with Gasteiger partial charge in [0.15, 0.2) is 0 Å². The zero-order valence-corrected chi connectivity index (χ0v) is 12.4. The number of rotatable bonds is 4. The first-order valence-corrected chi connectivity index (χ1v) is 7.16. The number of aromatic nitrogens is 2. The van der Waals surface area contributed by atoms with Crippen molar-refractivity contribution in [2.75, 3.05) is 5.43 Å². The number of carbonyl (C=O) groups is 1. The van der Waals surface area contributed by atoms with Gasteiger partial charge in [-0.1, -0.05) is 12.1 Å². The van der Waals surface area contributed by atoms with Crippen molar-refractivity contribution in [3.8, 4) is 0 Å². The van der Waals surface area contributed by atoms with E-state index in [-0.39, 0.29) is 23.6 Å². The summed E-state index contributed by atoms with van der Waals surface area (Å²) in [5.74, 6) is 0.952. The molecule has 0 bridgehead atoms. The van der Waals surface area contributed by atoms with Crippen LogP contribution in [0.5, 0.6) is 0 Å². The molecule has 1 aliphatic rings. The number of hydrazine groups is 1. The number of nitrogens with zero attached hydrogens (tertiary/aromatic N) is 2. The minimum atomic E-state index is -0.262. The molecule has 1 aliphatic carbocycles. The van der Waals surface area contributed by atoms with Crippen LogP contribution >= 0.6 is 0 Å². The molecule has 0 radical (unpaired) electrons. The van der Waals surface area contributed by atoms with Crippen LogP contribution in [0, 0.1) is 25.6 Å². The van der Waals surface area contributed by atoms with Crippen LogP contribution in [0.15, 0.2) is 30.3 Å². The number of anilines is 1. The van der Waals surface area contributed by atoms with Gasteiger partial charge in [0.05, 0.1) is 0 Å². The van der Waals surface area contributed by atoms with Gasteiger partial charge in [-0.05, 0) is 43.9 Å². The molecule has 1 saturated carbocycles. The maximum atomic E-state index is 12.9. The van der Waals surface area contributed by atoms with Gasteiger partial charge in [-0.25, -0.2) is 14.4 Å². The minimum Gasteiger partial charge on any atom is -0.282 e. The highest BCUT2D eigenvalue weighted by Crippen LogP contribution is 2.47. The molecule has 0 unspecified atom stereocenters. The lowest BCUT2D eigenvalue weighted by atomic mass is 10.1. The molecule has 1 aromatic heterocycles. The van der Waals surface area contributed by atoms with E-state index in [1.807, 2.05) is 6.92 Å². The van der Waals surface area contributed by atoms with Gasteiger partial charge in [0, 0.05) is 17.7 Å². The second-order valence-corrected chi connectivity index (χ2v) is 5.56. The van der Waals surface area contributed by atoms with Gasteiger partial charge < -0.3 is 0 Å². The van der Waals surface area contributed by atoms with Crippen molar-refractivity contribution in [2.45, 2.75) is 26.2 Å². The molecule has 6 heteroatoms. The van der Waals surface area contributed by atoms with Gasteiger partial charge in [-0.3, -0.25) is 15.6 Å². The van der Waals surface area contributed by atoms with Crippen LogP contribution in [-0.4, -0.2) is 15.9 Å². The first-order valence-electron chi connectivity index (χ1n) is 7.16. The molecule has 5 nitrogen and oxygen atoms in total. The Balaban J connectivity index is 1.56. The van der Waals surface area contributed by atoms with Crippen molar-refractivity contribution >= 4 is 11.7 Å². The Labute approximate surface area is 128 Å². The molecule has 1 heterocycles. The summed E-state index contributed by atoms with van der Waals surface area (Å²) in [4.78, 5) is 20.5. The summed E-state index contributed by atoms with van der Waals surface area (Å²) >= 11 is 0. The Morgan fingerprint density at radius 3 is 2.64 bits per heavy atom. The second-order valence-electron chi connectivity index (χ2n) is 5.56. The summed E-state index contributed by atoms with van der Waals surface area (Å²) < 4.78 is 12.9. The fourth-order valence-electron chi connectivity index (χ4n) is 2.56. The standard InChI is InChI=1S/C16H17FN4O/c1-9-7-15(19-10(2)18-9)20-21-16(22)14-8-13(14)11-3-5-12(17)6-4-11/h3-7,13-14H,8H2,1-2H3,(H,21,22)(H,18,19,20)/t13-,14-/m1/s1. The van der Waals surface area contributed by atoms with Crippen LogP contribution in [0.4, 0.5) is 10.2 Å². The van der Waals surface area contributed by atoms with E-state index in [9.17, 15) is 9.18 Å². The normalized spacial score (nSPS) is 19.6. The third kappa shape index (κ3) is 3.21. The van der Waals surface area contributed by atoms with E-state index in [1.165, 1.54) is 12.1 Å². The van der Waals surface area contributed by atoms with Gasteiger partial charge in [0.2, 0.25) is 5.91 Å². The summed E-state index contributed by atoms with van der Waals surface area (Å²) in [5, 5.41) is 0. The fraction of sp³-hybridized carbons (Fsp3) is 0.312. The third-order valence-corrected chi connectivity index (χ3v) is 3.71. The van der Waals surface area contributed by atoms with E-state index in [4.69, 9.17) is 0 Å². The van der Waals surface area contributed by atoms with Crippen molar-refractivity contribution in [1.29, 1.82) is 0 Å². The van der Waals surface area contributed by atoms with Gasteiger partial charge in [0.25, 0.3) is 0 Å². The SMILES string of the molecule is Cc1cc(NNC(=O)[C@@H]2C[C@@H]2c2ccc(F)cc2)nc(C)n1. The number of halogens is 1. The molecule has 0 aliphatic heterocycles. The van der Waals surface area contributed by atoms with Crippen molar-refractivity contribution in [3.05, 3.63) is 53.2 Å². The molecule has 1 amide bonds. The van der Waals surface area contributed by atoms with E-state index in [0.29, 0.717) is 11.6 Å². The topological polar surface area (TPSA) is 66.9 Å². The Kier molecular flexibility index (Phi) is 3.75. The van der Waals surface area contributed by atoms with Gasteiger partial charge in [-0.15, -0.1) is 0 Å². The van der Waals surface area contributed by atoms with E-state index >= 15 is 0 Å². The average Bonchev–Trinajstić information content (AvgIpc) is 3.25. The van der Waals surface area contributed by atoms with Gasteiger partial charge in [-0.2, -0.15) is 0 Å². The highest BCUT2D eigenvalue weighted by molar-refractivity contribution is 5.83. The monoisotopic (exact) mass is 300 g/mol. The third-order valence-electron chi connectivity index (χ3n) is 3.71. The van der Waals surface area contributed by atoms with Crippen LogP contribution in [-0.2, 0) is 4.79 Å². The number of nitrogens with one attached hydrogen (secondary N) is 2. The fourth-order valence-corrected chi connectivity index (χ4v) is 2.56. The number of benzene rings is 1. The Bertz CT molecular complexity index is 682. The van der Waals surface area contributed by atoms with Crippen LogP contribution in [0.1, 0.15) is 29.4 Å². The zero-order valence-electron chi connectivity index (χ0n) is 12.4. The predicted molar refractivity (Wildman–Crippen MR) is 80.5 cm³/mol. The van der Waals surface area contributed by atoms with E-state index in [1.54, 1.807) is 25.1 Å². The number of hydrogen-bond acceptors (Lipinski definition) is 4. The molecule has 0 saturated heterocycles. The summed E-state index contributed by atoms with van der Waals surface area (Å²) in [6, 6.07) is 8.08. The molecule has 0 spiro atoms. The van der Waals surface area contributed by atoms with Crippen molar-refractivity contribution in [1.82, 2.24) is 15.4 Å². The molecule has 2 atom stereocenters.